The Balaban J connectivity index is 2.13. The van der Waals surface area contributed by atoms with Gasteiger partial charge in [-0.2, -0.15) is 0 Å². The molecule has 4 nitrogen and oxygen atoms in total. The summed E-state index contributed by atoms with van der Waals surface area (Å²) < 4.78 is 16.5. The molecule has 0 fully saturated rings. The van der Waals surface area contributed by atoms with Crippen LogP contribution in [-0.2, 0) is 11.2 Å². The quantitative estimate of drug-likeness (QED) is 0.550. The molecule has 1 aromatic heterocycles. The van der Waals surface area contributed by atoms with Gasteiger partial charge in [-0.15, -0.1) is 0 Å². The molecule has 0 aliphatic carbocycles. The summed E-state index contributed by atoms with van der Waals surface area (Å²) in [5, 5.41) is 0.641. The van der Waals surface area contributed by atoms with E-state index in [1.165, 1.54) is 0 Å². The van der Waals surface area contributed by atoms with Crippen LogP contribution in [0.4, 0.5) is 0 Å². The van der Waals surface area contributed by atoms with Gasteiger partial charge in [0.1, 0.15) is 11.5 Å². The van der Waals surface area contributed by atoms with E-state index in [1.807, 2.05) is 18.2 Å². The molecule has 25 heavy (non-hydrogen) atoms. The van der Waals surface area contributed by atoms with Gasteiger partial charge in [-0.1, -0.05) is 38.3 Å². The van der Waals surface area contributed by atoms with E-state index in [2.05, 4.69) is 13.8 Å². The molecule has 0 aliphatic heterocycles. The van der Waals surface area contributed by atoms with E-state index < -0.39 is 5.97 Å². The molecule has 2 rings (SSSR count). The minimum absolute atomic E-state index is 0.207. The molecule has 0 N–H and O–H groups in total. The van der Waals surface area contributed by atoms with Gasteiger partial charge in [0, 0.05) is 17.0 Å². The van der Waals surface area contributed by atoms with Crippen molar-refractivity contribution < 1.29 is 18.7 Å². The third kappa shape index (κ3) is 5.53. The summed E-state index contributed by atoms with van der Waals surface area (Å²) in [5.74, 6) is 1.74. The van der Waals surface area contributed by atoms with Gasteiger partial charge in [0.05, 0.1) is 13.2 Å². The number of carbonyl (C=O) groups is 1. The fourth-order valence-corrected chi connectivity index (χ4v) is 2.73. The van der Waals surface area contributed by atoms with Crippen LogP contribution in [0.2, 0.25) is 5.02 Å². The topological polar surface area (TPSA) is 48.7 Å². The SMILES string of the molecule is CCOC(=O)c1ccc(Cc2cc(Cl)ccc2OCC(CC)CC)o1. The number of hydrogen-bond acceptors (Lipinski definition) is 4. The van der Waals surface area contributed by atoms with E-state index in [0.717, 1.165) is 24.2 Å². The molecule has 1 heterocycles. The second-order valence-electron chi connectivity index (χ2n) is 5.91. The zero-order chi connectivity index (χ0) is 18.2. The summed E-state index contributed by atoms with van der Waals surface area (Å²) in [6, 6.07) is 8.98. The highest BCUT2D eigenvalue weighted by molar-refractivity contribution is 6.30. The Labute approximate surface area is 154 Å². The van der Waals surface area contributed by atoms with Crippen molar-refractivity contribution >= 4 is 17.6 Å². The van der Waals surface area contributed by atoms with Gasteiger partial charge in [0.15, 0.2) is 0 Å². The Morgan fingerprint density at radius 3 is 2.60 bits per heavy atom. The number of hydrogen-bond donors (Lipinski definition) is 0. The van der Waals surface area contributed by atoms with Gasteiger partial charge >= 0.3 is 5.97 Å². The molecule has 0 aliphatic rings. The van der Waals surface area contributed by atoms with Gasteiger partial charge in [0.25, 0.3) is 0 Å². The van der Waals surface area contributed by atoms with Crippen molar-refractivity contribution in [2.75, 3.05) is 13.2 Å². The molecule has 0 saturated carbocycles. The van der Waals surface area contributed by atoms with E-state index in [-0.39, 0.29) is 5.76 Å². The van der Waals surface area contributed by atoms with Gasteiger partial charge < -0.3 is 13.9 Å². The third-order valence-electron chi connectivity index (χ3n) is 4.15. The first-order valence-corrected chi connectivity index (χ1v) is 9.12. The van der Waals surface area contributed by atoms with Crippen LogP contribution in [0.25, 0.3) is 0 Å². The van der Waals surface area contributed by atoms with Crippen LogP contribution in [0, 0.1) is 5.92 Å². The van der Waals surface area contributed by atoms with Gasteiger partial charge in [-0.05, 0) is 43.2 Å². The van der Waals surface area contributed by atoms with Crippen molar-refractivity contribution in [1.29, 1.82) is 0 Å². The van der Waals surface area contributed by atoms with E-state index in [1.54, 1.807) is 19.1 Å². The predicted octanol–water partition coefficient (Wildman–Crippen LogP) is 5.52. The van der Waals surface area contributed by atoms with Crippen LogP contribution < -0.4 is 4.74 Å². The van der Waals surface area contributed by atoms with Crippen LogP contribution in [-0.4, -0.2) is 19.2 Å². The molecule has 0 radical (unpaired) electrons. The smallest absolute Gasteiger partial charge is 0.374 e. The van der Waals surface area contributed by atoms with E-state index in [9.17, 15) is 4.79 Å². The molecule has 0 unspecified atom stereocenters. The number of ether oxygens (including phenoxy) is 2. The third-order valence-corrected chi connectivity index (χ3v) is 4.39. The van der Waals surface area contributed by atoms with Crippen molar-refractivity contribution in [3.05, 3.63) is 52.4 Å². The summed E-state index contributed by atoms with van der Waals surface area (Å²) in [4.78, 5) is 11.7. The number of furan rings is 1. The maximum atomic E-state index is 11.7. The van der Waals surface area contributed by atoms with Crippen LogP contribution >= 0.6 is 11.6 Å². The number of benzene rings is 1. The van der Waals surface area contributed by atoms with E-state index in [0.29, 0.717) is 36.3 Å². The molecule has 2 aromatic rings. The van der Waals surface area contributed by atoms with Gasteiger partial charge in [-0.25, -0.2) is 4.79 Å². The Hall–Kier alpha value is -1.94. The zero-order valence-electron chi connectivity index (χ0n) is 15.0. The highest BCUT2D eigenvalue weighted by Crippen LogP contribution is 2.27. The molecule has 0 amide bonds. The number of carbonyl (C=O) groups excluding carboxylic acids is 1. The second kappa shape index (κ2) is 9.52. The zero-order valence-corrected chi connectivity index (χ0v) is 15.8. The van der Waals surface area contributed by atoms with E-state index >= 15 is 0 Å². The summed E-state index contributed by atoms with van der Waals surface area (Å²) in [7, 11) is 0. The lowest BCUT2D eigenvalue weighted by Gasteiger charge is -2.16. The van der Waals surface area contributed by atoms with Gasteiger partial charge in [0.2, 0.25) is 5.76 Å². The van der Waals surface area contributed by atoms with Crippen LogP contribution in [0.3, 0.4) is 0 Å². The molecular formula is C20H25ClO4. The maximum absolute atomic E-state index is 11.7. The average molecular weight is 365 g/mol. The number of halogens is 1. The Kier molecular flexibility index (Phi) is 7.38. The molecular weight excluding hydrogens is 340 g/mol. The second-order valence-corrected chi connectivity index (χ2v) is 6.35. The first kappa shape index (κ1) is 19.4. The molecule has 0 atom stereocenters. The molecule has 5 heteroatoms. The molecule has 0 bridgehead atoms. The first-order chi connectivity index (χ1) is 12.1. The first-order valence-electron chi connectivity index (χ1n) is 8.74. The lowest BCUT2D eigenvalue weighted by molar-refractivity contribution is 0.0488. The van der Waals surface area contributed by atoms with Crippen LogP contribution in [0.5, 0.6) is 5.75 Å². The van der Waals surface area contributed by atoms with E-state index in [4.69, 9.17) is 25.5 Å². The highest BCUT2D eigenvalue weighted by Gasteiger charge is 2.15. The predicted molar refractivity (Wildman–Crippen MR) is 98.5 cm³/mol. The van der Waals surface area contributed by atoms with Crippen molar-refractivity contribution in [1.82, 2.24) is 0 Å². The van der Waals surface area contributed by atoms with Crippen LogP contribution in [0.1, 0.15) is 55.5 Å². The molecule has 0 saturated heterocycles. The monoisotopic (exact) mass is 364 g/mol. The Morgan fingerprint density at radius 1 is 1.16 bits per heavy atom. The largest absolute Gasteiger partial charge is 0.493 e. The fourth-order valence-electron chi connectivity index (χ4n) is 2.53. The lowest BCUT2D eigenvalue weighted by Crippen LogP contribution is -2.11. The van der Waals surface area contributed by atoms with Crippen molar-refractivity contribution in [3.63, 3.8) is 0 Å². The summed E-state index contributed by atoms with van der Waals surface area (Å²) in [6.07, 6.45) is 2.67. The van der Waals surface area contributed by atoms with Crippen LogP contribution in [0.15, 0.2) is 34.7 Å². The minimum atomic E-state index is -0.454. The number of esters is 1. The number of rotatable bonds is 9. The highest BCUT2D eigenvalue weighted by atomic mass is 35.5. The van der Waals surface area contributed by atoms with Crippen molar-refractivity contribution in [2.24, 2.45) is 5.92 Å². The lowest BCUT2D eigenvalue weighted by atomic mass is 10.1. The summed E-state index contributed by atoms with van der Waals surface area (Å²) >= 11 is 6.14. The van der Waals surface area contributed by atoms with Gasteiger partial charge in [-0.3, -0.25) is 0 Å². The minimum Gasteiger partial charge on any atom is -0.493 e. The van der Waals surface area contributed by atoms with Crippen molar-refractivity contribution in [3.8, 4) is 5.75 Å². The normalized spacial score (nSPS) is 10.9. The van der Waals surface area contributed by atoms with Crippen molar-refractivity contribution in [2.45, 2.75) is 40.0 Å². The standard InChI is InChI=1S/C20H25ClO4/c1-4-14(5-2)13-24-18-9-7-16(21)11-15(18)12-17-8-10-19(25-17)20(22)23-6-3/h7-11,14H,4-6,12-13H2,1-3H3. The summed E-state index contributed by atoms with van der Waals surface area (Å²) in [5.41, 5.74) is 0.934. The molecule has 136 valence electrons. The summed E-state index contributed by atoms with van der Waals surface area (Å²) in [6.45, 7) is 7.09. The average Bonchev–Trinajstić information content (AvgIpc) is 3.06. The Bertz CT molecular complexity index is 689. The maximum Gasteiger partial charge on any atom is 0.374 e. The Morgan fingerprint density at radius 2 is 1.92 bits per heavy atom. The molecule has 0 spiro atoms. The fraction of sp³-hybridized carbons (Fsp3) is 0.450. The molecule has 1 aromatic carbocycles.